The van der Waals surface area contributed by atoms with E-state index in [1.165, 1.54) is 13.0 Å². The van der Waals surface area contributed by atoms with Gasteiger partial charge in [-0.05, 0) is 18.2 Å². The Labute approximate surface area is 139 Å². The number of nitrogens with one attached hydrogen (secondary N) is 1. The molecule has 2 atom stereocenters. The number of halogens is 1. The molecule has 8 heteroatoms. The van der Waals surface area contributed by atoms with Crippen molar-refractivity contribution in [2.75, 3.05) is 49.2 Å². The first kappa shape index (κ1) is 16.9. The Balaban J connectivity index is 1.73. The minimum absolute atomic E-state index is 0.150. The van der Waals surface area contributed by atoms with Crippen LogP contribution in [-0.2, 0) is 14.3 Å². The Kier molecular flexibility index (Phi) is 5.17. The molecule has 0 saturated carbocycles. The molecule has 2 fully saturated rings. The highest BCUT2D eigenvalue weighted by Gasteiger charge is 2.32. The summed E-state index contributed by atoms with van der Waals surface area (Å²) in [6.07, 6.45) is -1.44. The van der Waals surface area contributed by atoms with Crippen molar-refractivity contribution in [3.05, 3.63) is 24.0 Å². The molecule has 2 unspecified atom stereocenters. The number of ether oxygens (including phenoxy) is 2. The van der Waals surface area contributed by atoms with Crippen molar-refractivity contribution in [2.24, 2.45) is 0 Å². The van der Waals surface area contributed by atoms with Crippen LogP contribution in [0.3, 0.4) is 0 Å². The summed E-state index contributed by atoms with van der Waals surface area (Å²) in [5, 5.41) is 12.8. The molecule has 7 nitrogen and oxygen atoms in total. The molecule has 3 rings (SSSR count). The largest absolute Gasteiger partial charge is 0.378 e. The molecule has 2 N–H and O–H groups in total. The first-order chi connectivity index (χ1) is 11.5. The number of carbonyl (C=O) groups excluding carboxylic acids is 1. The Morgan fingerprint density at radius 3 is 2.88 bits per heavy atom. The number of nitrogens with zero attached hydrogens (tertiary/aromatic N) is 2. The van der Waals surface area contributed by atoms with Gasteiger partial charge < -0.3 is 29.7 Å². The fourth-order valence-electron chi connectivity index (χ4n) is 2.93. The van der Waals surface area contributed by atoms with E-state index in [0.717, 1.165) is 0 Å². The molecule has 24 heavy (non-hydrogen) atoms. The van der Waals surface area contributed by atoms with Gasteiger partial charge in [-0.15, -0.1) is 0 Å². The third-order valence-electron chi connectivity index (χ3n) is 4.17. The Morgan fingerprint density at radius 1 is 1.42 bits per heavy atom. The summed E-state index contributed by atoms with van der Waals surface area (Å²) in [7, 11) is 0. The summed E-state index contributed by atoms with van der Waals surface area (Å²) in [5.41, 5.74) is 1.17. The predicted molar refractivity (Wildman–Crippen MR) is 86.3 cm³/mol. The van der Waals surface area contributed by atoms with E-state index in [2.05, 4.69) is 5.32 Å². The third kappa shape index (κ3) is 3.77. The first-order valence-corrected chi connectivity index (χ1v) is 8.01. The maximum Gasteiger partial charge on any atom is 0.238 e. The van der Waals surface area contributed by atoms with E-state index >= 15 is 0 Å². The molecule has 0 bridgehead atoms. The summed E-state index contributed by atoms with van der Waals surface area (Å²) in [6, 6.07) is 4.73. The van der Waals surface area contributed by atoms with Crippen LogP contribution in [0.2, 0.25) is 0 Å². The molecule has 0 radical (unpaired) electrons. The van der Waals surface area contributed by atoms with Gasteiger partial charge in [0.2, 0.25) is 12.3 Å². The number of hydrogen-bond donors (Lipinski definition) is 2. The van der Waals surface area contributed by atoms with E-state index in [-0.39, 0.29) is 17.8 Å². The van der Waals surface area contributed by atoms with Crippen LogP contribution in [0.25, 0.3) is 0 Å². The van der Waals surface area contributed by atoms with E-state index in [4.69, 9.17) is 9.47 Å². The number of aliphatic hydroxyl groups excluding tert-OH is 1. The normalized spacial score (nSPS) is 24.3. The van der Waals surface area contributed by atoms with Gasteiger partial charge in [0.25, 0.3) is 0 Å². The van der Waals surface area contributed by atoms with E-state index in [9.17, 15) is 14.3 Å². The van der Waals surface area contributed by atoms with Gasteiger partial charge in [-0.3, -0.25) is 4.79 Å². The lowest BCUT2D eigenvalue weighted by Crippen LogP contribution is -2.37. The molecule has 1 aromatic rings. The highest BCUT2D eigenvalue weighted by atomic mass is 19.1. The standard InChI is InChI=1S/C16H22FN3O4/c1-11(21)18-9-13-10-20(16(22)24-13)12-2-3-14(17)15(8-12)19-4-6-23-7-5-19/h2-3,8,13,16,22H,4-7,9-10H2,1H3,(H,18,21). The molecule has 0 aromatic heterocycles. The number of amides is 1. The van der Waals surface area contributed by atoms with Gasteiger partial charge >= 0.3 is 0 Å². The smallest absolute Gasteiger partial charge is 0.238 e. The maximum absolute atomic E-state index is 14.2. The Hall–Kier alpha value is -1.90. The first-order valence-electron chi connectivity index (χ1n) is 8.01. The molecular formula is C16H22FN3O4. The minimum Gasteiger partial charge on any atom is -0.378 e. The Bertz CT molecular complexity index is 595. The average Bonchev–Trinajstić information content (AvgIpc) is 2.95. The third-order valence-corrected chi connectivity index (χ3v) is 4.17. The van der Waals surface area contributed by atoms with Crippen molar-refractivity contribution >= 4 is 17.3 Å². The summed E-state index contributed by atoms with van der Waals surface area (Å²) < 4.78 is 24.9. The monoisotopic (exact) mass is 339 g/mol. The van der Waals surface area contributed by atoms with Gasteiger partial charge in [0.1, 0.15) is 5.82 Å². The van der Waals surface area contributed by atoms with Crippen LogP contribution in [0.4, 0.5) is 15.8 Å². The summed E-state index contributed by atoms with van der Waals surface area (Å²) in [4.78, 5) is 14.6. The van der Waals surface area contributed by atoms with Gasteiger partial charge in [-0.1, -0.05) is 0 Å². The van der Waals surface area contributed by atoms with Crippen molar-refractivity contribution in [1.82, 2.24) is 5.32 Å². The number of benzene rings is 1. The number of morpholine rings is 1. The van der Waals surface area contributed by atoms with Crippen LogP contribution in [0.5, 0.6) is 0 Å². The molecular weight excluding hydrogens is 317 g/mol. The lowest BCUT2D eigenvalue weighted by Gasteiger charge is -2.30. The topological polar surface area (TPSA) is 74.3 Å². The molecule has 0 spiro atoms. The van der Waals surface area contributed by atoms with Crippen LogP contribution < -0.4 is 15.1 Å². The second-order valence-corrected chi connectivity index (χ2v) is 5.91. The maximum atomic E-state index is 14.2. The zero-order chi connectivity index (χ0) is 17.1. The van der Waals surface area contributed by atoms with Gasteiger partial charge in [0.05, 0.1) is 31.5 Å². The van der Waals surface area contributed by atoms with Crippen molar-refractivity contribution in [3.63, 3.8) is 0 Å². The van der Waals surface area contributed by atoms with Gasteiger partial charge in [0, 0.05) is 32.2 Å². The van der Waals surface area contributed by atoms with Crippen molar-refractivity contribution < 1.29 is 23.8 Å². The van der Waals surface area contributed by atoms with Crippen LogP contribution in [0, 0.1) is 5.82 Å². The number of rotatable bonds is 4. The number of aliphatic hydroxyl groups is 1. The zero-order valence-corrected chi connectivity index (χ0v) is 13.6. The highest BCUT2D eigenvalue weighted by Crippen LogP contribution is 2.30. The molecule has 2 saturated heterocycles. The van der Waals surface area contributed by atoms with Gasteiger partial charge in [0.15, 0.2) is 0 Å². The number of anilines is 2. The molecule has 2 aliphatic heterocycles. The second kappa shape index (κ2) is 7.33. The lowest BCUT2D eigenvalue weighted by atomic mass is 10.2. The van der Waals surface area contributed by atoms with E-state index < -0.39 is 6.41 Å². The molecule has 2 heterocycles. The van der Waals surface area contributed by atoms with E-state index in [0.29, 0.717) is 50.8 Å². The van der Waals surface area contributed by atoms with Crippen molar-refractivity contribution in [3.8, 4) is 0 Å². The summed E-state index contributed by atoms with van der Waals surface area (Å²) >= 11 is 0. The van der Waals surface area contributed by atoms with Gasteiger partial charge in [-0.2, -0.15) is 0 Å². The molecule has 132 valence electrons. The summed E-state index contributed by atoms with van der Waals surface area (Å²) in [5.74, 6) is -0.451. The van der Waals surface area contributed by atoms with E-state index in [1.54, 1.807) is 17.0 Å². The minimum atomic E-state index is -1.12. The van der Waals surface area contributed by atoms with E-state index in [1.807, 2.05) is 4.90 Å². The molecule has 1 aromatic carbocycles. The lowest BCUT2D eigenvalue weighted by molar-refractivity contribution is -0.121. The number of hydrogen-bond acceptors (Lipinski definition) is 6. The van der Waals surface area contributed by atoms with Crippen LogP contribution in [0.1, 0.15) is 6.92 Å². The molecule has 1 amide bonds. The highest BCUT2D eigenvalue weighted by molar-refractivity contribution is 5.72. The predicted octanol–water partition coefficient (Wildman–Crippen LogP) is 0.279. The van der Waals surface area contributed by atoms with Crippen LogP contribution in [-0.4, -0.2) is 62.9 Å². The second-order valence-electron chi connectivity index (χ2n) is 5.91. The number of carbonyl (C=O) groups is 1. The molecule has 2 aliphatic rings. The zero-order valence-electron chi connectivity index (χ0n) is 13.6. The summed E-state index contributed by atoms with van der Waals surface area (Å²) in [6.45, 7) is 4.55. The fourth-order valence-corrected chi connectivity index (χ4v) is 2.93. The van der Waals surface area contributed by atoms with Crippen molar-refractivity contribution in [1.29, 1.82) is 0 Å². The SMILES string of the molecule is CC(=O)NCC1CN(c2ccc(F)c(N3CCOCC3)c2)C(O)O1. The Morgan fingerprint density at radius 2 is 2.17 bits per heavy atom. The average molecular weight is 339 g/mol. The quantitative estimate of drug-likeness (QED) is 0.821. The van der Waals surface area contributed by atoms with Gasteiger partial charge in [-0.25, -0.2) is 4.39 Å². The van der Waals surface area contributed by atoms with Crippen LogP contribution >= 0.6 is 0 Å². The molecule has 0 aliphatic carbocycles. The fraction of sp³-hybridized carbons (Fsp3) is 0.562. The van der Waals surface area contributed by atoms with Crippen molar-refractivity contribution in [2.45, 2.75) is 19.4 Å². The van der Waals surface area contributed by atoms with Crippen LogP contribution in [0.15, 0.2) is 18.2 Å².